The van der Waals surface area contributed by atoms with Gasteiger partial charge in [0.25, 0.3) is 0 Å². The highest BCUT2D eigenvalue weighted by atomic mass is 79.9. The van der Waals surface area contributed by atoms with Crippen LogP contribution in [0.15, 0.2) is 16.6 Å². The summed E-state index contributed by atoms with van der Waals surface area (Å²) in [6, 6.07) is 3.41. The minimum atomic E-state index is -0.0498. The van der Waals surface area contributed by atoms with E-state index in [1.807, 2.05) is 6.92 Å². The number of rotatable bonds is 3. The first-order valence-corrected chi connectivity index (χ1v) is 5.09. The lowest BCUT2D eigenvalue weighted by Gasteiger charge is -2.10. The number of ketones is 1. The monoisotopic (exact) mass is 257 g/mol. The topological polar surface area (TPSA) is 52.3 Å². The van der Waals surface area contributed by atoms with E-state index in [9.17, 15) is 4.79 Å². The molecule has 0 atom stereocenters. The summed E-state index contributed by atoms with van der Waals surface area (Å²) >= 11 is 3.30. The van der Waals surface area contributed by atoms with Crippen LogP contribution in [0.25, 0.3) is 0 Å². The number of hydrogen-bond donors (Lipinski definition) is 1. The number of Topliss-reactive ketones (excluding diaryl/α,β-unsaturated/α-hetero) is 1. The van der Waals surface area contributed by atoms with Crippen LogP contribution in [0.5, 0.6) is 5.75 Å². The van der Waals surface area contributed by atoms with E-state index in [-0.39, 0.29) is 5.78 Å². The normalized spacial score (nSPS) is 9.93. The molecule has 1 aromatic rings. The molecule has 0 unspecified atom stereocenters. The van der Waals surface area contributed by atoms with Crippen LogP contribution in [0.2, 0.25) is 0 Å². The lowest BCUT2D eigenvalue weighted by atomic mass is 10.1. The third-order valence-corrected chi connectivity index (χ3v) is 2.64. The predicted octanol–water partition coefficient (Wildman–Crippen LogP) is 2.63. The van der Waals surface area contributed by atoms with Crippen LogP contribution in [0.4, 0.5) is 5.69 Å². The second-order valence-electron chi connectivity index (χ2n) is 2.83. The van der Waals surface area contributed by atoms with E-state index in [0.717, 1.165) is 0 Å². The van der Waals surface area contributed by atoms with E-state index in [1.54, 1.807) is 12.1 Å². The lowest BCUT2D eigenvalue weighted by molar-refractivity contribution is 0.101. The minimum absolute atomic E-state index is 0.0498. The third-order valence-electron chi connectivity index (χ3n) is 1.82. The van der Waals surface area contributed by atoms with Gasteiger partial charge in [-0.2, -0.15) is 0 Å². The fourth-order valence-corrected chi connectivity index (χ4v) is 1.61. The smallest absolute Gasteiger partial charge is 0.161 e. The number of carbonyl (C=O) groups is 1. The summed E-state index contributed by atoms with van der Waals surface area (Å²) in [5, 5.41) is 0. The molecule has 0 aliphatic rings. The summed E-state index contributed by atoms with van der Waals surface area (Å²) in [7, 11) is 0. The maximum Gasteiger partial charge on any atom is 0.161 e. The van der Waals surface area contributed by atoms with Crippen molar-refractivity contribution in [1.82, 2.24) is 0 Å². The van der Waals surface area contributed by atoms with E-state index in [0.29, 0.717) is 28.1 Å². The molecule has 76 valence electrons. The van der Waals surface area contributed by atoms with E-state index in [2.05, 4.69) is 15.9 Å². The van der Waals surface area contributed by atoms with Gasteiger partial charge in [-0.25, -0.2) is 0 Å². The second kappa shape index (κ2) is 4.46. The molecule has 0 amide bonds. The summed E-state index contributed by atoms with van der Waals surface area (Å²) in [5.41, 5.74) is 6.71. The molecule has 0 bridgehead atoms. The molecule has 0 aliphatic heterocycles. The number of anilines is 1. The van der Waals surface area contributed by atoms with Gasteiger partial charge in [0.05, 0.1) is 16.8 Å². The average Bonchev–Trinajstić information content (AvgIpc) is 2.13. The van der Waals surface area contributed by atoms with Gasteiger partial charge in [0, 0.05) is 5.56 Å². The Morgan fingerprint density at radius 3 is 2.71 bits per heavy atom. The molecule has 0 aliphatic carbocycles. The molecule has 4 heteroatoms. The quantitative estimate of drug-likeness (QED) is 0.669. The summed E-state index contributed by atoms with van der Waals surface area (Å²) in [5.74, 6) is 0.612. The van der Waals surface area contributed by atoms with Crippen molar-refractivity contribution in [3.8, 4) is 5.75 Å². The van der Waals surface area contributed by atoms with Gasteiger partial charge in [0.1, 0.15) is 5.75 Å². The first-order valence-electron chi connectivity index (χ1n) is 4.29. The van der Waals surface area contributed by atoms with Crippen LogP contribution in [0.1, 0.15) is 24.2 Å². The van der Waals surface area contributed by atoms with Crippen molar-refractivity contribution >= 4 is 27.4 Å². The zero-order valence-electron chi connectivity index (χ0n) is 8.13. The van der Waals surface area contributed by atoms with Gasteiger partial charge in [-0.3, -0.25) is 4.79 Å². The van der Waals surface area contributed by atoms with Crippen molar-refractivity contribution in [2.75, 3.05) is 12.3 Å². The van der Waals surface area contributed by atoms with Gasteiger partial charge in [0.2, 0.25) is 0 Å². The van der Waals surface area contributed by atoms with Gasteiger partial charge in [-0.15, -0.1) is 0 Å². The number of ether oxygens (including phenoxy) is 1. The molecule has 0 fully saturated rings. The Labute approximate surface area is 91.4 Å². The van der Waals surface area contributed by atoms with E-state index < -0.39 is 0 Å². The van der Waals surface area contributed by atoms with Gasteiger partial charge < -0.3 is 10.5 Å². The molecule has 1 aromatic carbocycles. The molecule has 0 radical (unpaired) electrons. The second-order valence-corrected chi connectivity index (χ2v) is 3.62. The summed E-state index contributed by atoms with van der Waals surface area (Å²) in [6.45, 7) is 3.94. The van der Waals surface area contributed by atoms with Crippen molar-refractivity contribution in [3.05, 3.63) is 22.2 Å². The summed E-state index contributed by atoms with van der Waals surface area (Å²) < 4.78 is 5.96. The largest absolute Gasteiger partial charge is 0.493 e. The first-order chi connectivity index (χ1) is 6.57. The highest BCUT2D eigenvalue weighted by molar-refractivity contribution is 9.10. The fourth-order valence-electron chi connectivity index (χ4n) is 1.15. The van der Waals surface area contributed by atoms with Crippen LogP contribution in [0, 0.1) is 0 Å². The van der Waals surface area contributed by atoms with Crippen LogP contribution in [-0.2, 0) is 0 Å². The molecule has 0 saturated heterocycles. The number of halogens is 1. The van der Waals surface area contributed by atoms with Crippen molar-refractivity contribution in [2.45, 2.75) is 13.8 Å². The van der Waals surface area contributed by atoms with E-state index in [4.69, 9.17) is 10.5 Å². The van der Waals surface area contributed by atoms with Crippen LogP contribution in [0.3, 0.4) is 0 Å². The molecule has 14 heavy (non-hydrogen) atoms. The molecule has 0 saturated carbocycles. The fraction of sp³-hybridized carbons (Fsp3) is 0.300. The number of benzene rings is 1. The maximum atomic E-state index is 11.1. The first kappa shape index (κ1) is 11.0. The molecule has 0 heterocycles. The zero-order valence-corrected chi connectivity index (χ0v) is 9.72. The Balaban J connectivity index is 3.19. The van der Waals surface area contributed by atoms with Gasteiger partial charge in [0.15, 0.2) is 5.78 Å². The SMILES string of the molecule is CCOc1ccc(C(C)=O)c(N)c1Br. The minimum Gasteiger partial charge on any atom is -0.493 e. The van der Waals surface area contributed by atoms with E-state index in [1.165, 1.54) is 6.92 Å². The molecule has 2 N–H and O–H groups in total. The number of nitrogens with two attached hydrogens (primary N) is 1. The predicted molar refractivity (Wildman–Crippen MR) is 59.7 cm³/mol. The molecular formula is C10H12BrNO2. The van der Waals surface area contributed by atoms with Crippen molar-refractivity contribution < 1.29 is 9.53 Å². The van der Waals surface area contributed by atoms with Crippen molar-refractivity contribution in [3.63, 3.8) is 0 Å². The van der Waals surface area contributed by atoms with Crippen molar-refractivity contribution in [2.24, 2.45) is 0 Å². The third kappa shape index (κ3) is 2.07. The van der Waals surface area contributed by atoms with Crippen LogP contribution >= 0.6 is 15.9 Å². The van der Waals surface area contributed by atoms with E-state index >= 15 is 0 Å². The average molecular weight is 258 g/mol. The zero-order chi connectivity index (χ0) is 10.7. The molecule has 1 rings (SSSR count). The standard InChI is InChI=1S/C10H12BrNO2/c1-3-14-8-5-4-7(6(2)13)10(12)9(8)11/h4-5H,3,12H2,1-2H3. The summed E-state index contributed by atoms with van der Waals surface area (Å²) in [6.07, 6.45) is 0. The molecule has 0 spiro atoms. The number of hydrogen-bond acceptors (Lipinski definition) is 3. The highest BCUT2D eigenvalue weighted by Gasteiger charge is 2.11. The Hall–Kier alpha value is -1.03. The maximum absolute atomic E-state index is 11.1. The number of nitrogen functional groups attached to an aromatic ring is 1. The molecular weight excluding hydrogens is 246 g/mol. The Morgan fingerprint density at radius 2 is 2.21 bits per heavy atom. The Kier molecular flexibility index (Phi) is 3.52. The molecule has 3 nitrogen and oxygen atoms in total. The molecule has 0 aromatic heterocycles. The Bertz CT molecular complexity index is 363. The highest BCUT2D eigenvalue weighted by Crippen LogP contribution is 2.33. The van der Waals surface area contributed by atoms with Gasteiger partial charge in [-0.1, -0.05) is 0 Å². The van der Waals surface area contributed by atoms with Crippen LogP contribution < -0.4 is 10.5 Å². The van der Waals surface area contributed by atoms with Gasteiger partial charge >= 0.3 is 0 Å². The number of carbonyl (C=O) groups excluding carboxylic acids is 1. The van der Waals surface area contributed by atoms with Gasteiger partial charge in [-0.05, 0) is 41.9 Å². The van der Waals surface area contributed by atoms with Crippen molar-refractivity contribution in [1.29, 1.82) is 0 Å². The summed E-state index contributed by atoms with van der Waals surface area (Å²) in [4.78, 5) is 11.1. The lowest BCUT2D eigenvalue weighted by Crippen LogP contribution is -2.02. The Morgan fingerprint density at radius 1 is 1.57 bits per heavy atom. The van der Waals surface area contributed by atoms with Crippen LogP contribution in [-0.4, -0.2) is 12.4 Å².